The molecule has 0 aliphatic carbocycles. The SMILES string of the molecule is CCCCN(C(C)CC)C(C)c1nc(CCl)cs1. The third-order valence-corrected chi connectivity index (χ3v) is 4.83. The van der Waals surface area contributed by atoms with E-state index in [1.165, 1.54) is 24.3 Å². The maximum Gasteiger partial charge on any atom is 0.110 e. The number of aromatic nitrogens is 1. The van der Waals surface area contributed by atoms with Gasteiger partial charge in [-0.25, -0.2) is 4.98 Å². The predicted octanol–water partition coefficient (Wildman–Crippen LogP) is 4.84. The Hall–Kier alpha value is -0.120. The topological polar surface area (TPSA) is 16.1 Å². The summed E-state index contributed by atoms with van der Waals surface area (Å²) < 4.78 is 0. The maximum atomic E-state index is 5.83. The summed E-state index contributed by atoms with van der Waals surface area (Å²) in [5, 5.41) is 3.27. The quantitative estimate of drug-likeness (QED) is 0.636. The van der Waals surface area contributed by atoms with Crippen LogP contribution in [0, 0.1) is 0 Å². The first kappa shape index (κ1) is 15.9. The van der Waals surface area contributed by atoms with E-state index >= 15 is 0 Å². The number of unbranched alkanes of at least 4 members (excludes halogenated alkanes) is 1. The maximum absolute atomic E-state index is 5.83. The van der Waals surface area contributed by atoms with Crippen molar-refractivity contribution in [1.82, 2.24) is 9.88 Å². The van der Waals surface area contributed by atoms with Crippen LogP contribution in [0.2, 0.25) is 0 Å². The molecule has 0 amide bonds. The van der Waals surface area contributed by atoms with Crippen molar-refractivity contribution in [1.29, 1.82) is 0 Å². The van der Waals surface area contributed by atoms with Crippen LogP contribution in [-0.4, -0.2) is 22.5 Å². The van der Waals surface area contributed by atoms with Crippen LogP contribution in [0.1, 0.15) is 63.7 Å². The van der Waals surface area contributed by atoms with E-state index in [9.17, 15) is 0 Å². The van der Waals surface area contributed by atoms with Gasteiger partial charge in [0.05, 0.1) is 17.6 Å². The molecule has 1 heterocycles. The Morgan fingerprint density at radius 1 is 1.39 bits per heavy atom. The van der Waals surface area contributed by atoms with Crippen molar-refractivity contribution < 1.29 is 0 Å². The number of thiazole rings is 1. The molecule has 4 heteroatoms. The van der Waals surface area contributed by atoms with Crippen LogP contribution >= 0.6 is 22.9 Å². The summed E-state index contributed by atoms with van der Waals surface area (Å²) >= 11 is 7.56. The molecule has 1 rings (SSSR count). The Morgan fingerprint density at radius 3 is 2.61 bits per heavy atom. The lowest BCUT2D eigenvalue weighted by Gasteiger charge is -2.33. The molecule has 2 nitrogen and oxygen atoms in total. The smallest absolute Gasteiger partial charge is 0.110 e. The molecule has 2 unspecified atom stereocenters. The van der Waals surface area contributed by atoms with E-state index in [2.05, 4.69) is 43.0 Å². The van der Waals surface area contributed by atoms with Crippen molar-refractivity contribution in [2.24, 2.45) is 0 Å². The summed E-state index contributed by atoms with van der Waals surface area (Å²) in [6, 6.07) is 1.00. The summed E-state index contributed by atoms with van der Waals surface area (Å²) in [4.78, 5) is 7.19. The second-order valence-corrected chi connectivity index (χ2v) is 5.99. The van der Waals surface area contributed by atoms with Crippen LogP contribution in [0.4, 0.5) is 0 Å². The molecule has 0 aliphatic rings. The Morgan fingerprint density at radius 2 is 2.11 bits per heavy atom. The van der Waals surface area contributed by atoms with Crippen LogP contribution in [-0.2, 0) is 5.88 Å². The molecule has 18 heavy (non-hydrogen) atoms. The van der Waals surface area contributed by atoms with Crippen LogP contribution < -0.4 is 0 Å². The highest BCUT2D eigenvalue weighted by Crippen LogP contribution is 2.27. The summed E-state index contributed by atoms with van der Waals surface area (Å²) in [5.41, 5.74) is 1.00. The second kappa shape index (κ2) is 8.13. The predicted molar refractivity (Wildman–Crippen MR) is 81.5 cm³/mol. The summed E-state index contributed by atoms with van der Waals surface area (Å²) in [6.07, 6.45) is 3.68. The molecule has 0 fully saturated rings. The zero-order chi connectivity index (χ0) is 13.5. The molecule has 104 valence electrons. The number of hydrogen-bond acceptors (Lipinski definition) is 3. The van der Waals surface area contributed by atoms with Gasteiger partial charge in [0.1, 0.15) is 5.01 Å². The molecule has 1 aromatic heterocycles. The first-order valence-corrected chi connectivity index (χ1v) is 8.31. The van der Waals surface area contributed by atoms with Crippen molar-refractivity contribution in [2.75, 3.05) is 6.54 Å². The van der Waals surface area contributed by atoms with Gasteiger partial charge in [-0.2, -0.15) is 0 Å². The molecule has 0 radical (unpaired) electrons. The standard InChI is InChI=1S/C14H25ClN2S/c1-5-7-8-17(11(3)6-2)12(4)14-16-13(9-15)10-18-14/h10-12H,5-9H2,1-4H3. The molecule has 0 aliphatic heterocycles. The third kappa shape index (κ3) is 4.22. The molecule has 0 bridgehead atoms. The summed E-state index contributed by atoms with van der Waals surface area (Å²) in [7, 11) is 0. The molecular formula is C14H25ClN2S. The van der Waals surface area contributed by atoms with E-state index in [4.69, 9.17) is 11.6 Å². The third-order valence-electron chi connectivity index (χ3n) is 3.49. The monoisotopic (exact) mass is 288 g/mol. The Balaban J connectivity index is 2.76. The molecule has 0 spiro atoms. The van der Waals surface area contributed by atoms with E-state index in [0.717, 1.165) is 12.2 Å². The van der Waals surface area contributed by atoms with E-state index in [-0.39, 0.29) is 0 Å². The number of rotatable bonds is 8. The Bertz CT molecular complexity index is 340. The largest absolute Gasteiger partial charge is 0.292 e. The molecular weight excluding hydrogens is 264 g/mol. The normalized spacial score (nSPS) is 15.0. The second-order valence-electron chi connectivity index (χ2n) is 4.84. The van der Waals surface area contributed by atoms with Crippen molar-refractivity contribution >= 4 is 22.9 Å². The van der Waals surface area contributed by atoms with Crippen LogP contribution in [0.5, 0.6) is 0 Å². The average Bonchev–Trinajstić information content (AvgIpc) is 2.87. The first-order valence-electron chi connectivity index (χ1n) is 6.89. The van der Waals surface area contributed by atoms with Crippen LogP contribution in [0.25, 0.3) is 0 Å². The zero-order valence-electron chi connectivity index (χ0n) is 11.9. The van der Waals surface area contributed by atoms with E-state index in [0.29, 0.717) is 18.0 Å². The highest BCUT2D eigenvalue weighted by Gasteiger charge is 2.22. The molecule has 0 saturated carbocycles. The van der Waals surface area contributed by atoms with Gasteiger partial charge in [-0.3, -0.25) is 4.90 Å². The molecule has 0 saturated heterocycles. The number of nitrogens with zero attached hydrogens (tertiary/aromatic N) is 2. The van der Waals surface area contributed by atoms with E-state index in [1.54, 1.807) is 11.3 Å². The van der Waals surface area contributed by atoms with Gasteiger partial charge in [-0.15, -0.1) is 22.9 Å². The van der Waals surface area contributed by atoms with Crippen molar-refractivity contribution in [2.45, 2.75) is 64.9 Å². The Kier molecular flexibility index (Phi) is 7.20. The van der Waals surface area contributed by atoms with Crippen LogP contribution in [0.3, 0.4) is 0 Å². The van der Waals surface area contributed by atoms with Gasteiger partial charge in [-0.1, -0.05) is 20.3 Å². The van der Waals surface area contributed by atoms with E-state index in [1.807, 2.05) is 0 Å². The number of alkyl halides is 1. The van der Waals surface area contributed by atoms with Gasteiger partial charge >= 0.3 is 0 Å². The van der Waals surface area contributed by atoms with Gasteiger partial charge in [-0.05, 0) is 33.2 Å². The van der Waals surface area contributed by atoms with Gasteiger partial charge in [0.2, 0.25) is 0 Å². The summed E-state index contributed by atoms with van der Waals surface area (Å²) in [5.74, 6) is 0.515. The van der Waals surface area contributed by atoms with Gasteiger partial charge < -0.3 is 0 Å². The molecule has 2 atom stereocenters. The van der Waals surface area contributed by atoms with Crippen molar-refractivity contribution in [3.05, 3.63) is 16.1 Å². The molecule has 1 aromatic rings. The minimum atomic E-state index is 0.397. The highest BCUT2D eigenvalue weighted by molar-refractivity contribution is 7.09. The fourth-order valence-corrected chi connectivity index (χ4v) is 3.21. The van der Waals surface area contributed by atoms with Gasteiger partial charge in [0.25, 0.3) is 0 Å². The Labute approximate surface area is 120 Å². The lowest BCUT2D eigenvalue weighted by molar-refractivity contribution is 0.147. The number of halogens is 1. The molecule has 0 N–H and O–H groups in total. The van der Waals surface area contributed by atoms with Gasteiger partial charge in [0, 0.05) is 11.4 Å². The van der Waals surface area contributed by atoms with Crippen molar-refractivity contribution in [3.8, 4) is 0 Å². The van der Waals surface area contributed by atoms with Gasteiger partial charge in [0.15, 0.2) is 0 Å². The van der Waals surface area contributed by atoms with E-state index < -0.39 is 0 Å². The minimum Gasteiger partial charge on any atom is -0.292 e. The lowest BCUT2D eigenvalue weighted by atomic mass is 10.1. The fourth-order valence-electron chi connectivity index (χ4n) is 2.09. The molecule has 0 aromatic carbocycles. The lowest BCUT2D eigenvalue weighted by Crippen LogP contribution is -2.35. The first-order chi connectivity index (χ1) is 8.63. The van der Waals surface area contributed by atoms with Crippen LogP contribution in [0.15, 0.2) is 5.38 Å². The highest BCUT2D eigenvalue weighted by atomic mass is 35.5. The summed E-state index contributed by atoms with van der Waals surface area (Å²) in [6.45, 7) is 10.2. The average molecular weight is 289 g/mol. The number of hydrogen-bond donors (Lipinski definition) is 0. The zero-order valence-corrected chi connectivity index (χ0v) is 13.5. The van der Waals surface area contributed by atoms with Crippen molar-refractivity contribution in [3.63, 3.8) is 0 Å². The minimum absolute atomic E-state index is 0.397. The fraction of sp³-hybridized carbons (Fsp3) is 0.786.